The Bertz CT molecular complexity index is 285. The van der Waals surface area contributed by atoms with Crippen molar-refractivity contribution >= 4 is 11.8 Å². The van der Waals surface area contributed by atoms with Gasteiger partial charge in [0.25, 0.3) is 0 Å². The van der Waals surface area contributed by atoms with Gasteiger partial charge in [-0.1, -0.05) is 0 Å². The Morgan fingerprint density at radius 1 is 1.54 bits per heavy atom. The van der Waals surface area contributed by atoms with Crippen LogP contribution in [0.5, 0.6) is 0 Å². The number of aromatic nitrogens is 1. The van der Waals surface area contributed by atoms with E-state index in [2.05, 4.69) is 4.98 Å². The van der Waals surface area contributed by atoms with E-state index in [1.165, 1.54) is 4.90 Å². The third kappa shape index (κ3) is 2.02. The molecule has 72 valence electrons. The molecule has 1 aromatic heterocycles. The smallest absolute Gasteiger partial charge is 0.412 e. The standard InChI is InChI=1S/C9H14N2O2/c1-9(2,3)11(8(12)13)7-4-5-10-6-7/h4-6,10H,1-3H3,(H,12,13). The molecule has 1 amide bonds. The monoisotopic (exact) mass is 182 g/mol. The number of hydrogen-bond acceptors (Lipinski definition) is 1. The highest BCUT2D eigenvalue weighted by molar-refractivity contribution is 5.87. The van der Waals surface area contributed by atoms with Gasteiger partial charge in [-0.2, -0.15) is 0 Å². The average molecular weight is 182 g/mol. The molecule has 0 saturated carbocycles. The van der Waals surface area contributed by atoms with E-state index in [1.54, 1.807) is 18.5 Å². The summed E-state index contributed by atoms with van der Waals surface area (Å²) in [6.07, 6.45) is 2.43. The maximum atomic E-state index is 11.0. The van der Waals surface area contributed by atoms with Crippen LogP contribution in [0.25, 0.3) is 0 Å². The molecule has 0 bridgehead atoms. The number of nitrogens with zero attached hydrogens (tertiary/aromatic N) is 1. The van der Waals surface area contributed by atoms with E-state index in [1.807, 2.05) is 20.8 Å². The van der Waals surface area contributed by atoms with Crippen molar-refractivity contribution in [3.63, 3.8) is 0 Å². The molecule has 0 spiro atoms. The zero-order valence-corrected chi connectivity index (χ0v) is 8.03. The van der Waals surface area contributed by atoms with Gasteiger partial charge in [-0.25, -0.2) is 4.79 Å². The molecule has 0 aromatic carbocycles. The van der Waals surface area contributed by atoms with Crippen LogP contribution in [0.4, 0.5) is 10.5 Å². The van der Waals surface area contributed by atoms with Crippen molar-refractivity contribution in [1.29, 1.82) is 0 Å². The van der Waals surface area contributed by atoms with Gasteiger partial charge in [-0.15, -0.1) is 0 Å². The summed E-state index contributed by atoms with van der Waals surface area (Å²) >= 11 is 0. The highest BCUT2D eigenvalue weighted by Crippen LogP contribution is 2.22. The molecule has 0 aliphatic carbocycles. The van der Waals surface area contributed by atoms with E-state index in [-0.39, 0.29) is 0 Å². The van der Waals surface area contributed by atoms with Crippen molar-refractivity contribution in [2.75, 3.05) is 4.90 Å². The summed E-state index contributed by atoms with van der Waals surface area (Å²) in [6.45, 7) is 5.57. The number of aromatic amines is 1. The predicted molar refractivity (Wildman–Crippen MR) is 51.0 cm³/mol. The van der Waals surface area contributed by atoms with Gasteiger partial charge in [0.2, 0.25) is 0 Å². The second kappa shape index (κ2) is 3.12. The molecule has 2 N–H and O–H groups in total. The number of H-pyrrole nitrogens is 1. The first kappa shape index (κ1) is 9.64. The predicted octanol–water partition coefficient (Wildman–Crippen LogP) is 2.30. The van der Waals surface area contributed by atoms with Crippen LogP contribution in [0.1, 0.15) is 20.8 Å². The van der Waals surface area contributed by atoms with Gasteiger partial charge in [-0.05, 0) is 26.8 Å². The van der Waals surface area contributed by atoms with Crippen LogP contribution in [0.2, 0.25) is 0 Å². The molecule has 1 rings (SSSR count). The van der Waals surface area contributed by atoms with Crippen LogP contribution in [0, 0.1) is 0 Å². The molecule has 0 saturated heterocycles. The lowest BCUT2D eigenvalue weighted by molar-refractivity contribution is 0.195. The Balaban J connectivity index is 3.01. The number of amides is 1. The van der Waals surface area contributed by atoms with Crippen LogP contribution < -0.4 is 4.90 Å². The van der Waals surface area contributed by atoms with E-state index in [0.717, 1.165) is 0 Å². The molecule has 0 atom stereocenters. The fourth-order valence-electron chi connectivity index (χ4n) is 1.24. The van der Waals surface area contributed by atoms with Crippen molar-refractivity contribution in [1.82, 2.24) is 4.98 Å². The van der Waals surface area contributed by atoms with Gasteiger partial charge in [0, 0.05) is 17.9 Å². The second-order valence-corrected chi connectivity index (χ2v) is 3.86. The van der Waals surface area contributed by atoms with Gasteiger partial charge < -0.3 is 10.1 Å². The number of anilines is 1. The zero-order chi connectivity index (χ0) is 10.1. The van der Waals surface area contributed by atoms with Crippen molar-refractivity contribution in [3.8, 4) is 0 Å². The lowest BCUT2D eigenvalue weighted by Crippen LogP contribution is -2.44. The number of nitrogens with one attached hydrogen (secondary N) is 1. The largest absolute Gasteiger partial charge is 0.465 e. The number of carbonyl (C=O) groups is 1. The Morgan fingerprint density at radius 3 is 2.46 bits per heavy atom. The van der Waals surface area contributed by atoms with E-state index in [4.69, 9.17) is 5.11 Å². The molecular formula is C9H14N2O2. The number of hydrogen-bond donors (Lipinski definition) is 2. The molecule has 13 heavy (non-hydrogen) atoms. The van der Waals surface area contributed by atoms with Gasteiger partial charge in [0.05, 0.1) is 5.69 Å². The average Bonchev–Trinajstić information content (AvgIpc) is 2.34. The highest BCUT2D eigenvalue weighted by Gasteiger charge is 2.27. The van der Waals surface area contributed by atoms with Crippen LogP contribution in [0.3, 0.4) is 0 Å². The third-order valence-electron chi connectivity index (χ3n) is 1.70. The van der Waals surface area contributed by atoms with E-state index in [9.17, 15) is 4.79 Å². The summed E-state index contributed by atoms with van der Waals surface area (Å²) < 4.78 is 0. The fourth-order valence-corrected chi connectivity index (χ4v) is 1.24. The molecule has 0 aliphatic rings. The van der Waals surface area contributed by atoms with Crippen LogP contribution in [0.15, 0.2) is 18.5 Å². The summed E-state index contributed by atoms with van der Waals surface area (Å²) in [4.78, 5) is 15.1. The lowest BCUT2D eigenvalue weighted by atomic mass is 10.1. The minimum Gasteiger partial charge on any atom is -0.465 e. The van der Waals surface area contributed by atoms with Gasteiger partial charge in [0.15, 0.2) is 0 Å². The van der Waals surface area contributed by atoms with Crippen molar-refractivity contribution in [3.05, 3.63) is 18.5 Å². The normalized spacial score (nSPS) is 11.3. The Morgan fingerprint density at radius 2 is 2.15 bits per heavy atom. The Kier molecular flexibility index (Phi) is 2.32. The number of rotatable bonds is 1. The van der Waals surface area contributed by atoms with Crippen molar-refractivity contribution in [2.24, 2.45) is 0 Å². The topological polar surface area (TPSA) is 56.3 Å². The van der Waals surface area contributed by atoms with Crippen molar-refractivity contribution in [2.45, 2.75) is 26.3 Å². The fraction of sp³-hybridized carbons (Fsp3) is 0.444. The maximum Gasteiger partial charge on any atom is 0.412 e. The number of carboxylic acid groups (broad SMARTS) is 1. The minimum absolute atomic E-state index is 0.423. The summed E-state index contributed by atoms with van der Waals surface area (Å²) in [5, 5.41) is 8.99. The van der Waals surface area contributed by atoms with Gasteiger partial charge in [0.1, 0.15) is 0 Å². The quantitative estimate of drug-likeness (QED) is 0.700. The minimum atomic E-state index is -0.938. The van der Waals surface area contributed by atoms with E-state index >= 15 is 0 Å². The molecule has 4 nitrogen and oxygen atoms in total. The maximum absolute atomic E-state index is 11.0. The molecule has 1 aromatic rings. The van der Waals surface area contributed by atoms with E-state index in [0.29, 0.717) is 5.69 Å². The molecule has 4 heteroatoms. The molecular weight excluding hydrogens is 168 g/mol. The van der Waals surface area contributed by atoms with Crippen LogP contribution in [-0.4, -0.2) is 21.7 Å². The molecule has 0 fully saturated rings. The third-order valence-corrected chi connectivity index (χ3v) is 1.70. The summed E-state index contributed by atoms with van der Waals surface area (Å²) in [7, 11) is 0. The SMILES string of the molecule is CC(C)(C)N(C(=O)O)c1cc[nH]c1. The van der Waals surface area contributed by atoms with Crippen molar-refractivity contribution < 1.29 is 9.90 Å². The summed E-state index contributed by atoms with van der Waals surface area (Å²) in [5.41, 5.74) is 0.244. The lowest BCUT2D eigenvalue weighted by Gasteiger charge is -2.32. The second-order valence-electron chi connectivity index (χ2n) is 3.86. The zero-order valence-electron chi connectivity index (χ0n) is 8.03. The van der Waals surface area contributed by atoms with Gasteiger partial charge >= 0.3 is 6.09 Å². The molecule has 1 heterocycles. The molecule has 0 aliphatic heterocycles. The van der Waals surface area contributed by atoms with Crippen LogP contribution in [-0.2, 0) is 0 Å². The first-order chi connectivity index (χ1) is 5.93. The van der Waals surface area contributed by atoms with E-state index < -0.39 is 11.6 Å². The van der Waals surface area contributed by atoms with Crippen LogP contribution >= 0.6 is 0 Å². The first-order valence-electron chi connectivity index (χ1n) is 4.09. The molecule has 0 radical (unpaired) electrons. The first-order valence-corrected chi connectivity index (χ1v) is 4.09. The summed E-state index contributed by atoms with van der Waals surface area (Å²) in [5.74, 6) is 0. The Hall–Kier alpha value is -1.45. The molecule has 0 unspecified atom stereocenters. The highest BCUT2D eigenvalue weighted by atomic mass is 16.4. The Labute approximate surface area is 77.2 Å². The summed E-state index contributed by atoms with van der Waals surface area (Å²) in [6, 6.07) is 1.74. The van der Waals surface area contributed by atoms with Gasteiger partial charge in [-0.3, -0.25) is 4.90 Å².